The van der Waals surface area contributed by atoms with Gasteiger partial charge in [-0.25, -0.2) is 0 Å². The highest BCUT2D eigenvalue weighted by Gasteiger charge is 2.19. The van der Waals surface area contributed by atoms with E-state index in [2.05, 4.69) is 26.1 Å². The molecule has 0 atom stereocenters. The molecule has 1 amide bonds. The van der Waals surface area contributed by atoms with Crippen molar-refractivity contribution in [3.05, 3.63) is 46.4 Å². The Balaban J connectivity index is 1.55. The Hall–Kier alpha value is -2.54. The molecule has 0 unspecified atom stereocenters. The zero-order valence-electron chi connectivity index (χ0n) is 14.3. The van der Waals surface area contributed by atoms with Crippen LogP contribution < -0.4 is 14.4 Å². The average molecular weight is 416 g/mol. The standard InChI is InChI=1S/C19H18BrN3O3/c1-23(19-14-11-13(20)4-5-15(14)21-22-19)18(24)10-12-3-6-16-17(9-12)26-8-2-7-25-16/h3-6,9,11H,2,7-8,10H2,1H3,(H,21,22). The molecule has 0 aliphatic carbocycles. The lowest BCUT2D eigenvalue weighted by Crippen LogP contribution is -2.28. The van der Waals surface area contributed by atoms with Crippen LogP contribution in [0.4, 0.5) is 5.82 Å². The van der Waals surface area contributed by atoms with Gasteiger partial charge in [0, 0.05) is 23.3 Å². The van der Waals surface area contributed by atoms with E-state index < -0.39 is 0 Å². The summed E-state index contributed by atoms with van der Waals surface area (Å²) in [4.78, 5) is 14.3. The van der Waals surface area contributed by atoms with Crippen molar-refractivity contribution in [3.63, 3.8) is 0 Å². The van der Waals surface area contributed by atoms with Crippen molar-refractivity contribution in [1.29, 1.82) is 0 Å². The number of hydrogen-bond acceptors (Lipinski definition) is 4. The summed E-state index contributed by atoms with van der Waals surface area (Å²) < 4.78 is 12.3. The SMILES string of the molecule is CN(C(=O)Cc1ccc2c(c1)OCCCO2)c1n[nH]c2ccc(Br)cc12. The van der Waals surface area contributed by atoms with E-state index in [1.165, 1.54) is 0 Å². The van der Waals surface area contributed by atoms with Crippen molar-refractivity contribution < 1.29 is 14.3 Å². The molecule has 0 saturated heterocycles. The fraction of sp³-hybridized carbons (Fsp3) is 0.263. The normalized spacial score (nSPS) is 13.5. The number of carbonyl (C=O) groups excluding carboxylic acids is 1. The van der Waals surface area contributed by atoms with Gasteiger partial charge in [0.1, 0.15) is 0 Å². The molecular formula is C19H18BrN3O3. The third-order valence-corrected chi connectivity index (χ3v) is 4.86. The molecule has 2 aromatic carbocycles. The minimum atomic E-state index is -0.0483. The number of aromatic amines is 1. The van der Waals surface area contributed by atoms with E-state index in [1.54, 1.807) is 11.9 Å². The largest absolute Gasteiger partial charge is 0.490 e. The van der Waals surface area contributed by atoms with Gasteiger partial charge < -0.3 is 9.47 Å². The quantitative estimate of drug-likeness (QED) is 0.707. The Kier molecular flexibility index (Phi) is 4.55. The van der Waals surface area contributed by atoms with Crippen molar-refractivity contribution in [2.45, 2.75) is 12.8 Å². The summed E-state index contributed by atoms with van der Waals surface area (Å²) >= 11 is 3.46. The molecule has 1 N–H and O–H groups in total. The molecule has 1 aliphatic heterocycles. The number of benzene rings is 2. The molecule has 7 heteroatoms. The number of H-pyrrole nitrogens is 1. The zero-order chi connectivity index (χ0) is 18.1. The summed E-state index contributed by atoms with van der Waals surface area (Å²) in [6.45, 7) is 1.27. The first kappa shape index (κ1) is 16.9. The van der Waals surface area contributed by atoms with Crippen molar-refractivity contribution in [3.8, 4) is 11.5 Å². The minimum Gasteiger partial charge on any atom is -0.490 e. The number of halogens is 1. The summed E-state index contributed by atoms with van der Waals surface area (Å²) in [6.07, 6.45) is 1.11. The number of amides is 1. The third-order valence-electron chi connectivity index (χ3n) is 4.36. The number of aromatic nitrogens is 2. The van der Waals surface area contributed by atoms with E-state index in [0.29, 0.717) is 24.8 Å². The van der Waals surface area contributed by atoms with Crippen molar-refractivity contribution in [2.24, 2.45) is 0 Å². The first-order chi connectivity index (χ1) is 12.6. The maximum absolute atomic E-state index is 12.8. The Bertz CT molecular complexity index is 970. The molecule has 26 heavy (non-hydrogen) atoms. The van der Waals surface area contributed by atoms with Crippen LogP contribution in [0.5, 0.6) is 11.5 Å². The smallest absolute Gasteiger partial charge is 0.232 e. The summed E-state index contributed by atoms with van der Waals surface area (Å²) in [7, 11) is 1.74. The van der Waals surface area contributed by atoms with Gasteiger partial charge in [-0.3, -0.25) is 14.8 Å². The van der Waals surface area contributed by atoms with Crippen LogP contribution >= 0.6 is 15.9 Å². The van der Waals surface area contributed by atoms with Gasteiger partial charge in [-0.05, 0) is 35.9 Å². The van der Waals surface area contributed by atoms with Gasteiger partial charge in [0.2, 0.25) is 5.91 Å². The second-order valence-corrected chi connectivity index (χ2v) is 7.11. The van der Waals surface area contributed by atoms with Crippen LogP contribution in [0.2, 0.25) is 0 Å². The molecule has 0 radical (unpaired) electrons. The van der Waals surface area contributed by atoms with E-state index in [4.69, 9.17) is 9.47 Å². The fourth-order valence-corrected chi connectivity index (χ4v) is 3.32. The van der Waals surface area contributed by atoms with E-state index in [1.807, 2.05) is 36.4 Å². The molecule has 0 saturated carbocycles. The van der Waals surface area contributed by atoms with Crippen LogP contribution in [0.3, 0.4) is 0 Å². The maximum atomic E-state index is 12.8. The summed E-state index contributed by atoms with van der Waals surface area (Å²) in [5.74, 6) is 1.99. The fourth-order valence-electron chi connectivity index (χ4n) is 2.96. The van der Waals surface area contributed by atoms with E-state index in [9.17, 15) is 4.79 Å². The highest BCUT2D eigenvalue weighted by Crippen LogP contribution is 2.31. The number of likely N-dealkylation sites (N-methyl/N-ethyl adjacent to an activating group) is 1. The second kappa shape index (κ2) is 6.99. The lowest BCUT2D eigenvalue weighted by atomic mass is 10.1. The molecule has 4 rings (SSSR count). The first-order valence-corrected chi connectivity index (χ1v) is 9.20. The number of anilines is 1. The number of rotatable bonds is 3. The highest BCUT2D eigenvalue weighted by molar-refractivity contribution is 9.10. The Labute approximate surface area is 159 Å². The van der Waals surface area contributed by atoms with Gasteiger partial charge in [-0.1, -0.05) is 22.0 Å². The highest BCUT2D eigenvalue weighted by atomic mass is 79.9. The van der Waals surface area contributed by atoms with Gasteiger partial charge in [0.25, 0.3) is 0 Å². The number of fused-ring (bicyclic) bond motifs is 2. The predicted octanol–water partition coefficient (Wildman–Crippen LogP) is 3.69. The number of ether oxygens (including phenoxy) is 2. The predicted molar refractivity (Wildman–Crippen MR) is 103 cm³/mol. The lowest BCUT2D eigenvalue weighted by Gasteiger charge is -2.16. The summed E-state index contributed by atoms with van der Waals surface area (Å²) in [5.41, 5.74) is 1.77. The molecule has 0 fully saturated rings. The van der Waals surface area contributed by atoms with Crippen LogP contribution in [0, 0.1) is 0 Å². The third kappa shape index (κ3) is 3.26. The molecule has 0 bridgehead atoms. The van der Waals surface area contributed by atoms with Crippen LogP contribution in [0.15, 0.2) is 40.9 Å². The summed E-state index contributed by atoms with van der Waals surface area (Å²) in [6, 6.07) is 11.5. The van der Waals surface area contributed by atoms with Crippen LogP contribution in [-0.2, 0) is 11.2 Å². The summed E-state index contributed by atoms with van der Waals surface area (Å²) in [5, 5.41) is 8.16. The molecule has 134 valence electrons. The molecule has 2 heterocycles. The monoisotopic (exact) mass is 415 g/mol. The van der Waals surface area contributed by atoms with Gasteiger partial charge in [0.15, 0.2) is 17.3 Å². The first-order valence-electron chi connectivity index (χ1n) is 8.40. The molecule has 1 aliphatic rings. The lowest BCUT2D eigenvalue weighted by molar-refractivity contribution is -0.117. The Morgan fingerprint density at radius 1 is 1.19 bits per heavy atom. The Morgan fingerprint density at radius 2 is 2.00 bits per heavy atom. The number of hydrogen-bond donors (Lipinski definition) is 1. The van der Waals surface area contributed by atoms with Crippen molar-refractivity contribution in [2.75, 3.05) is 25.2 Å². The van der Waals surface area contributed by atoms with Crippen LogP contribution in [0.1, 0.15) is 12.0 Å². The topological polar surface area (TPSA) is 67.5 Å². The van der Waals surface area contributed by atoms with Crippen LogP contribution in [-0.4, -0.2) is 36.4 Å². The molecular weight excluding hydrogens is 398 g/mol. The van der Waals surface area contributed by atoms with E-state index in [0.717, 1.165) is 33.1 Å². The van der Waals surface area contributed by atoms with Gasteiger partial charge in [-0.2, -0.15) is 5.10 Å². The molecule has 3 aromatic rings. The van der Waals surface area contributed by atoms with Gasteiger partial charge in [0.05, 0.1) is 25.2 Å². The van der Waals surface area contributed by atoms with E-state index in [-0.39, 0.29) is 12.3 Å². The average Bonchev–Trinajstić information content (AvgIpc) is 2.90. The Morgan fingerprint density at radius 3 is 2.85 bits per heavy atom. The van der Waals surface area contributed by atoms with Gasteiger partial charge in [-0.15, -0.1) is 0 Å². The maximum Gasteiger partial charge on any atom is 0.232 e. The van der Waals surface area contributed by atoms with Crippen molar-refractivity contribution >= 4 is 38.6 Å². The minimum absolute atomic E-state index is 0.0483. The number of nitrogens with zero attached hydrogens (tertiary/aromatic N) is 2. The van der Waals surface area contributed by atoms with Crippen LogP contribution in [0.25, 0.3) is 10.9 Å². The number of nitrogens with one attached hydrogen (secondary N) is 1. The number of carbonyl (C=O) groups is 1. The van der Waals surface area contributed by atoms with Crippen molar-refractivity contribution in [1.82, 2.24) is 10.2 Å². The molecule has 1 aromatic heterocycles. The molecule has 0 spiro atoms. The molecule has 6 nitrogen and oxygen atoms in total. The van der Waals surface area contributed by atoms with E-state index >= 15 is 0 Å². The van der Waals surface area contributed by atoms with Gasteiger partial charge >= 0.3 is 0 Å². The zero-order valence-corrected chi connectivity index (χ0v) is 15.9. The second-order valence-electron chi connectivity index (χ2n) is 6.20.